The Morgan fingerprint density at radius 1 is 1.29 bits per heavy atom. The van der Waals surface area contributed by atoms with Gasteiger partial charge in [0.1, 0.15) is 0 Å². The number of halogens is 4. The topological polar surface area (TPSA) is 38.0 Å². The lowest BCUT2D eigenvalue weighted by Gasteiger charge is -2.19. The zero-order valence-corrected chi connectivity index (χ0v) is 13.4. The summed E-state index contributed by atoms with van der Waals surface area (Å²) in [5.41, 5.74) is 2.46. The van der Waals surface area contributed by atoms with Crippen LogP contribution in [0, 0.1) is 0 Å². The summed E-state index contributed by atoms with van der Waals surface area (Å²) in [6, 6.07) is 7.21. The van der Waals surface area contributed by atoms with Crippen LogP contribution in [0.3, 0.4) is 0 Å². The van der Waals surface area contributed by atoms with Crippen molar-refractivity contribution in [3.63, 3.8) is 0 Å². The SMILES string of the molecule is NNC(CCc1cccs1)c1cc(C(F)(F)F)ccc1Br. The minimum atomic E-state index is -4.36. The molecule has 0 radical (unpaired) electrons. The fraction of sp³-hybridized carbons (Fsp3) is 0.286. The van der Waals surface area contributed by atoms with E-state index >= 15 is 0 Å². The van der Waals surface area contributed by atoms with E-state index in [0.717, 1.165) is 18.6 Å². The van der Waals surface area contributed by atoms with Crippen molar-refractivity contribution in [3.8, 4) is 0 Å². The molecule has 7 heteroatoms. The van der Waals surface area contributed by atoms with Gasteiger partial charge in [-0.05, 0) is 48.1 Å². The van der Waals surface area contributed by atoms with E-state index in [4.69, 9.17) is 5.84 Å². The molecule has 0 spiro atoms. The largest absolute Gasteiger partial charge is 0.416 e. The number of aryl methyl sites for hydroxylation is 1. The monoisotopic (exact) mass is 378 g/mol. The zero-order valence-electron chi connectivity index (χ0n) is 11.0. The lowest BCUT2D eigenvalue weighted by Crippen LogP contribution is -2.29. The molecule has 2 aromatic rings. The smallest absolute Gasteiger partial charge is 0.271 e. The molecule has 1 aromatic carbocycles. The Hall–Kier alpha value is -0.890. The van der Waals surface area contributed by atoms with Crippen molar-refractivity contribution < 1.29 is 13.2 Å². The first-order valence-corrected chi connectivity index (χ1v) is 7.94. The Kier molecular flexibility index (Phi) is 5.43. The lowest BCUT2D eigenvalue weighted by molar-refractivity contribution is -0.137. The van der Waals surface area contributed by atoms with Crippen LogP contribution in [0.15, 0.2) is 40.2 Å². The molecule has 114 valence electrons. The molecule has 1 unspecified atom stereocenters. The van der Waals surface area contributed by atoms with Crippen molar-refractivity contribution >= 4 is 27.3 Å². The number of hydrazine groups is 1. The predicted molar refractivity (Wildman–Crippen MR) is 81.8 cm³/mol. The zero-order chi connectivity index (χ0) is 15.5. The Morgan fingerprint density at radius 3 is 2.62 bits per heavy atom. The van der Waals surface area contributed by atoms with E-state index in [1.165, 1.54) is 10.9 Å². The van der Waals surface area contributed by atoms with Crippen molar-refractivity contribution in [1.82, 2.24) is 5.43 Å². The van der Waals surface area contributed by atoms with Gasteiger partial charge in [0.05, 0.1) is 5.56 Å². The van der Waals surface area contributed by atoms with Gasteiger partial charge in [-0.15, -0.1) is 11.3 Å². The number of alkyl halides is 3. The highest BCUT2D eigenvalue weighted by Gasteiger charge is 2.31. The van der Waals surface area contributed by atoms with Crippen molar-refractivity contribution in [2.24, 2.45) is 5.84 Å². The van der Waals surface area contributed by atoms with Crippen molar-refractivity contribution in [3.05, 3.63) is 56.2 Å². The first-order valence-electron chi connectivity index (χ1n) is 6.27. The lowest BCUT2D eigenvalue weighted by atomic mass is 10.00. The summed E-state index contributed by atoms with van der Waals surface area (Å²) >= 11 is 4.92. The minimum absolute atomic E-state index is 0.344. The molecule has 1 atom stereocenters. The van der Waals surface area contributed by atoms with E-state index in [0.29, 0.717) is 16.5 Å². The summed E-state index contributed by atoms with van der Waals surface area (Å²) in [5, 5.41) is 1.97. The van der Waals surface area contributed by atoms with E-state index in [1.807, 2.05) is 17.5 Å². The van der Waals surface area contributed by atoms with Crippen molar-refractivity contribution in [2.75, 3.05) is 0 Å². The molecule has 0 aliphatic carbocycles. The molecule has 1 aromatic heterocycles. The normalized spacial score (nSPS) is 13.4. The van der Waals surface area contributed by atoms with Crippen LogP contribution in [0.1, 0.15) is 28.5 Å². The number of benzene rings is 1. The third-order valence-electron chi connectivity index (χ3n) is 3.16. The van der Waals surface area contributed by atoms with Gasteiger partial charge in [0.2, 0.25) is 0 Å². The van der Waals surface area contributed by atoms with Crippen molar-refractivity contribution in [1.29, 1.82) is 0 Å². The Labute approximate surface area is 133 Å². The number of thiophene rings is 1. The molecule has 1 heterocycles. The van der Waals surface area contributed by atoms with Gasteiger partial charge in [-0.3, -0.25) is 11.3 Å². The Bertz CT molecular complexity index is 584. The third-order valence-corrected chi connectivity index (χ3v) is 4.82. The molecule has 3 N–H and O–H groups in total. The summed E-state index contributed by atoms with van der Waals surface area (Å²) in [5.74, 6) is 5.52. The highest BCUT2D eigenvalue weighted by Crippen LogP contribution is 2.35. The molecule has 0 saturated heterocycles. The molecule has 0 bridgehead atoms. The molecule has 21 heavy (non-hydrogen) atoms. The Balaban J connectivity index is 2.20. The molecule has 0 aliphatic rings. The van der Waals surface area contributed by atoms with E-state index in [-0.39, 0.29) is 6.04 Å². The number of nitrogens with two attached hydrogens (primary N) is 1. The number of hydrogen-bond donors (Lipinski definition) is 2. The molecule has 0 aliphatic heterocycles. The van der Waals surface area contributed by atoms with Crippen LogP contribution in [-0.4, -0.2) is 0 Å². The molecular weight excluding hydrogens is 365 g/mol. The summed E-state index contributed by atoms with van der Waals surface area (Å²) in [6.45, 7) is 0. The van der Waals surface area contributed by atoms with Crippen molar-refractivity contribution in [2.45, 2.75) is 25.1 Å². The molecule has 0 amide bonds. The van der Waals surface area contributed by atoms with Crippen LogP contribution in [0.4, 0.5) is 13.2 Å². The highest BCUT2D eigenvalue weighted by molar-refractivity contribution is 9.10. The molecule has 2 rings (SSSR count). The van der Waals surface area contributed by atoms with Crippen LogP contribution in [0.2, 0.25) is 0 Å². The van der Waals surface area contributed by atoms with Gasteiger partial charge in [0, 0.05) is 15.4 Å². The summed E-state index contributed by atoms with van der Waals surface area (Å²) < 4.78 is 39.0. The first-order chi connectivity index (χ1) is 9.91. The second-order valence-electron chi connectivity index (χ2n) is 4.57. The maximum absolute atomic E-state index is 12.8. The molecule has 0 saturated carbocycles. The van der Waals surface area contributed by atoms with E-state index < -0.39 is 11.7 Å². The Morgan fingerprint density at radius 2 is 2.05 bits per heavy atom. The first kappa shape index (κ1) is 16.5. The van der Waals surface area contributed by atoms with E-state index in [2.05, 4.69) is 21.4 Å². The van der Waals surface area contributed by atoms with E-state index in [1.54, 1.807) is 11.3 Å². The summed E-state index contributed by atoms with van der Waals surface area (Å²) in [6.07, 6.45) is -2.98. The maximum atomic E-state index is 12.8. The van der Waals surface area contributed by atoms with E-state index in [9.17, 15) is 13.2 Å². The van der Waals surface area contributed by atoms with Gasteiger partial charge in [0.25, 0.3) is 0 Å². The standard InChI is InChI=1S/C14H14BrF3N2S/c15-12-5-3-9(14(16,17)18)8-11(12)13(20-19)6-4-10-2-1-7-21-10/h1-3,5,7-8,13,20H,4,6,19H2. The van der Waals surface area contributed by atoms with Gasteiger partial charge in [-0.1, -0.05) is 22.0 Å². The second-order valence-corrected chi connectivity index (χ2v) is 6.46. The van der Waals surface area contributed by atoms with Gasteiger partial charge in [-0.25, -0.2) is 0 Å². The maximum Gasteiger partial charge on any atom is 0.416 e. The number of nitrogens with one attached hydrogen (secondary N) is 1. The highest BCUT2D eigenvalue weighted by atomic mass is 79.9. The van der Waals surface area contributed by atoms with Crippen LogP contribution in [0.25, 0.3) is 0 Å². The van der Waals surface area contributed by atoms with Gasteiger partial charge >= 0.3 is 6.18 Å². The fourth-order valence-electron chi connectivity index (χ4n) is 2.06. The fourth-order valence-corrected chi connectivity index (χ4v) is 3.30. The van der Waals surface area contributed by atoms with Crippen LogP contribution < -0.4 is 11.3 Å². The van der Waals surface area contributed by atoms with Gasteiger partial charge in [-0.2, -0.15) is 13.2 Å². The molecule has 0 fully saturated rings. The number of hydrogen-bond acceptors (Lipinski definition) is 3. The average molecular weight is 379 g/mol. The summed E-state index contributed by atoms with van der Waals surface area (Å²) in [4.78, 5) is 1.18. The average Bonchev–Trinajstić information content (AvgIpc) is 2.93. The predicted octanol–water partition coefficient (Wildman–Crippen LogP) is 4.67. The van der Waals surface area contributed by atoms with Crippen LogP contribution in [-0.2, 0) is 12.6 Å². The minimum Gasteiger partial charge on any atom is -0.271 e. The quantitative estimate of drug-likeness (QED) is 0.586. The molecule has 2 nitrogen and oxygen atoms in total. The molecular formula is C14H14BrF3N2S. The third kappa shape index (κ3) is 4.29. The van der Waals surface area contributed by atoms with Crippen LogP contribution in [0.5, 0.6) is 0 Å². The second kappa shape index (κ2) is 6.91. The van der Waals surface area contributed by atoms with Gasteiger partial charge < -0.3 is 0 Å². The summed E-state index contributed by atoms with van der Waals surface area (Å²) in [7, 11) is 0. The van der Waals surface area contributed by atoms with Crippen LogP contribution >= 0.6 is 27.3 Å². The van der Waals surface area contributed by atoms with Gasteiger partial charge in [0.15, 0.2) is 0 Å². The number of rotatable bonds is 5.